The van der Waals surface area contributed by atoms with Crippen molar-refractivity contribution in [3.8, 4) is 0 Å². The molecule has 0 unspecified atom stereocenters. The molecule has 0 bridgehead atoms. The molecule has 1 heterocycles. The minimum absolute atomic E-state index is 0.526. The second-order valence-electron chi connectivity index (χ2n) is 5.22. The Kier molecular flexibility index (Phi) is 5.00. The number of aromatic nitrogens is 2. The van der Waals surface area contributed by atoms with Crippen LogP contribution in [0.25, 0.3) is 0 Å². The van der Waals surface area contributed by atoms with Crippen LogP contribution in [-0.2, 0) is 13.1 Å². The van der Waals surface area contributed by atoms with Crippen LogP contribution >= 0.6 is 0 Å². The third-order valence-corrected chi connectivity index (χ3v) is 2.68. The fourth-order valence-corrected chi connectivity index (χ4v) is 1.55. The molecule has 0 aliphatic heterocycles. The van der Waals surface area contributed by atoms with Crippen molar-refractivity contribution >= 4 is 0 Å². The van der Waals surface area contributed by atoms with E-state index in [0.717, 1.165) is 24.7 Å². The predicted octanol–water partition coefficient (Wildman–Crippen LogP) is 2.74. The van der Waals surface area contributed by atoms with Crippen LogP contribution in [0.2, 0.25) is 0 Å². The zero-order valence-corrected chi connectivity index (χ0v) is 11.2. The lowest BCUT2D eigenvalue weighted by Gasteiger charge is -2.06. The average molecular weight is 223 g/mol. The lowest BCUT2D eigenvalue weighted by molar-refractivity contribution is 0.485. The van der Waals surface area contributed by atoms with Gasteiger partial charge in [0.1, 0.15) is 0 Å². The first-order chi connectivity index (χ1) is 7.49. The lowest BCUT2D eigenvalue weighted by Crippen LogP contribution is -2.21. The molecule has 3 heteroatoms. The summed E-state index contributed by atoms with van der Waals surface area (Å²) in [4.78, 5) is 0. The van der Waals surface area contributed by atoms with Gasteiger partial charge in [-0.05, 0) is 19.3 Å². The molecule has 1 N–H and O–H groups in total. The maximum absolute atomic E-state index is 4.54. The van der Waals surface area contributed by atoms with Gasteiger partial charge < -0.3 is 5.32 Å². The van der Waals surface area contributed by atoms with Crippen LogP contribution in [0.4, 0.5) is 0 Å². The Hall–Kier alpha value is -0.830. The summed E-state index contributed by atoms with van der Waals surface area (Å²) in [6.07, 6.45) is 3.37. The second kappa shape index (κ2) is 6.04. The van der Waals surface area contributed by atoms with E-state index in [9.17, 15) is 0 Å². The van der Waals surface area contributed by atoms with Gasteiger partial charge in [-0.25, -0.2) is 0 Å². The summed E-state index contributed by atoms with van der Waals surface area (Å²) in [5, 5.41) is 7.96. The van der Waals surface area contributed by atoms with Gasteiger partial charge in [0.05, 0.1) is 5.69 Å². The highest BCUT2D eigenvalue weighted by Crippen LogP contribution is 2.08. The zero-order valence-electron chi connectivity index (χ0n) is 11.2. The molecule has 0 amide bonds. The molecule has 0 radical (unpaired) electrons. The zero-order chi connectivity index (χ0) is 12.1. The van der Waals surface area contributed by atoms with Crippen molar-refractivity contribution in [3.05, 3.63) is 17.5 Å². The molecular weight excluding hydrogens is 198 g/mol. The van der Waals surface area contributed by atoms with Crippen LogP contribution in [-0.4, -0.2) is 15.8 Å². The number of aryl methyl sites for hydroxylation is 2. The minimum Gasteiger partial charge on any atom is -0.310 e. The molecule has 0 aliphatic carbocycles. The van der Waals surface area contributed by atoms with Gasteiger partial charge in [0, 0.05) is 30.9 Å². The smallest absolute Gasteiger partial charge is 0.0638 e. The van der Waals surface area contributed by atoms with Crippen molar-refractivity contribution < 1.29 is 0 Å². The maximum Gasteiger partial charge on any atom is 0.0638 e. The van der Waals surface area contributed by atoms with E-state index in [1.54, 1.807) is 0 Å². The van der Waals surface area contributed by atoms with Crippen LogP contribution in [0.15, 0.2) is 6.20 Å². The van der Waals surface area contributed by atoms with E-state index in [0.29, 0.717) is 6.04 Å². The molecule has 1 aromatic heterocycles. The maximum atomic E-state index is 4.54. The van der Waals surface area contributed by atoms with Gasteiger partial charge in [-0.1, -0.05) is 27.7 Å². The van der Waals surface area contributed by atoms with Gasteiger partial charge in [-0.15, -0.1) is 0 Å². The van der Waals surface area contributed by atoms with Crippen molar-refractivity contribution in [2.75, 3.05) is 0 Å². The van der Waals surface area contributed by atoms with Gasteiger partial charge in [-0.2, -0.15) is 5.10 Å². The summed E-state index contributed by atoms with van der Waals surface area (Å²) < 4.78 is 2.08. The molecule has 0 spiro atoms. The molecule has 1 aromatic rings. The monoisotopic (exact) mass is 223 g/mol. The Labute approximate surface area is 99.2 Å². The van der Waals surface area contributed by atoms with Crippen molar-refractivity contribution in [2.45, 2.75) is 60.2 Å². The molecule has 0 fully saturated rings. The van der Waals surface area contributed by atoms with E-state index in [-0.39, 0.29) is 0 Å². The lowest BCUT2D eigenvalue weighted by atomic mass is 10.1. The summed E-state index contributed by atoms with van der Waals surface area (Å²) in [6, 6.07) is 0.526. The minimum atomic E-state index is 0.526. The van der Waals surface area contributed by atoms with E-state index in [1.165, 1.54) is 12.0 Å². The predicted molar refractivity (Wildman–Crippen MR) is 68.4 cm³/mol. The Morgan fingerprint density at radius 2 is 2.00 bits per heavy atom. The van der Waals surface area contributed by atoms with Gasteiger partial charge in [0.2, 0.25) is 0 Å². The second-order valence-corrected chi connectivity index (χ2v) is 5.22. The molecule has 3 nitrogen and oxygen atoms in total. The van der Waals surface area contributed by atoms with Crippen molar-refractivity contribution in [3.63, 3.8) is 0 Å². The van der Waals surface area contributed by atoms with Gasteiger partial charge >= 0.3 is 0 Å². The number of nitrogens with one attached hydrogen (secondary N) is 1. The molecular formula is C13H25N3. The van der Waals surface area contributed by atoms with Crippen LogP contribution < -0.4 is 5.32 Å². The molecule has 0 aliphatic rings. The summed E-state index contributed by atoms with van der Waals surface area (Å²) in [6.45, 7) is 12.9. The van der Waals surface area contributed by atoms with Crippen LogP contribution in [0, 0.1) is 12.8 Å². The molecule has 0 atom stereocenters. The SMILES string of the molecule is Cc1nn(CCC(C)C)cc1CNC(C)C. The summed E-state index contributed by atoms with van der Waals surface area (Å²) in [7, 11) is 0. The first kappa shape index (κ1) is 13.2. The van der Waals surface area contributed by atoms with E-state index in [4.69, 9.17) is 0 Å². The standard InChI is InChI=1S/C13H25N3/c1-10(2)6-7-16-9-13(12(5)15-16)8-14-11(3)4/h9-11,14H,6-8H2,1-5H3. The highest BCUT2D eigenvalue weighted by molar-refractivity contribution is 5.15. The first-order valence-electron chi connectivity index (χ1n) is 6.25. The fraction of sp³-hybridized carbons (Fsp3) is 0.769. The largest absolute Gasteiger partial charge is 0.310 e. The van der Waals surface area contributed by atoms with Crippen LogP contribution in [0.1, 0.15) is 45.4 Å². The Morgan fingerprint density at radius 1 is 1.31 bits per heavy atom. The molecule has 92 valence electrons. The number of hydrogen-bond acceptors (Lipinski definition) is 2. The number of nitrogens with zero attached hydrogens (tertiary/aromatic N) is 2. The normalized spacial score (nSPS) is 11.7. The molecule has 0 saturated heterocycles. The molecule has 0 saturated carbocycles. The van der Waals surface area contributed by atoms with Crippen LogP contribution in [0.3, 0.4) is 0 Å². The number of hydrogen-bond donors (Lipinski definition) is 1. The third kappa shape index (κ3) is 4.35. The van der Waals surface area contributed by atoms with Crippen molar-refractivity contribution in [2.24, 2.45) is 5.92 Å². The molecule has 0 aromatic carbocycles. The topological polar surface area (TPSA) is 29.9 Å². The summed E-state index contributed by atoms with van der Waals surface area (Å²) in [5.74, 6) is 0.738. The molecule has 16 heavy (non-hydrogen) atoms. The number of rotatable bonds is 6. The highest BCUT2D eigenvalue weighted by Gasteiger charge is 2.05. The van der Waals surface area contributed by atoms with E-state index < -0.39 is 0 Å². The third-order valence-electron chi connectivity index (χ3n) is 2.68. The Bertz CT molecular complexity index is 313. The van der Waals surface area contributed by atoms with Gasteiger partial charge in [-0.3, -0.25) is 4.68 Å². The Morgan fingerprint density at radius 3 is 2.56 bits per heavy atom. The fourth-order valence-electron chi connectivity index (χ4n) is 1.55. The summed E-state index contributed by atoms with van der Waals surface area (Å²) >= 11 is 0. The Balaban J connectivity index is 2.52. The van der Waals surface area contributed by atoms with Crippen molar-refractivity contribution in [1.29, 1.82) is 0 Å². The average Bonchev–Trinajstić information content (AvgIpc) is 2.53. The quantitative estimate of drug-likeness (QED) is 0.803. The van der Waals surface area contributed by atoms with E-state index in [2.05, 4.69) is 55.9 Å². The van der Waals surface area contributed by atoms with Crippen molar-refractivity contribution in [1.82, 2.24) is 15.1 Å². The first-order valence-corrected chi connectivity index (χ1v) is 6.25. The van der Waals surface area contributed by atoms with Gasteiger partial charge in [0.25, 0.3) is 0 Å². The van der Waals surface area contributed by atoms with Gasteiger partial charge in [0.15, 0.2) is 0 Å². The molecule has 1 rings (SSSR count). The summed E-state index contributed by atoms with van der Waals surface area (Å²) in [5.41, 5.74) is 2.47. The van der Waals surface area contributed by atoms with Crippen LogP contribution in [0.5, 0.6) is 0 Å². The highest BCUT2D eigenvalue weighted by atomic mass is 15.3. The van der Waals surface area contributed by atoms with E-state index >= 15 is 0 Å². The van der Waals surface area contributed by atoms with E-state index in [1.807, 2.05) is 0 Å².